The van der Waals surface area contributed by atoms with Crippen LogP contribution in [0.2, 0.25) is 5.02 Å². The van der Waals surface area contributed by atoms with Gasteiger partial charge < -0.3 is 10.2 Å². The number of carbonyl (C=O) groups is 1. The van der Waals surface area contributed by atoms with Crippen molar-refractivity contribution in [2.45, 2.75) is 25.2 Å². The Bertz CT molecular complexity index is 928. The van der Waals surface area contributed by atoms with E-state index in [1.54, 1.807) is 0 Å². The van der Waals surface area contributed by atoms with E-state index >= 15 is 0 Å². The Kier molecular flexibility index (Phi) is 4.65. The van der Waals surface area contributed by atoms with E-state index < -0.39 is 35.5 Å². The van der Waals surface area contributed by atoms with Gasteiger partial charge in [-0.25, -0.2) is 0 Å². The van der Waals surface area contributed by atoms with Gasteiger partial charge in [0.1, 0.15) is 5.75 Å². The van der Waals surface area contributed by atoms with Crippen molar-refractivity contribution in [3.05, 3.63) is 64.2 Å². The molecule has 2 N–H and O–H groups in total. The number of nitrogens with zero attached hydrogens (tertiary/aromatic N) is 2. The van der Waals surface area contributed by atoms with Crippen LogP contribution in [0, 0.1) is 6.92 Å². The number of hydrogen-bond donors (Lipinski definition) is 2. The van der Waals surface area contributed by atoms with Crippen molar-refractivity contribution in [2.75, 3.05) is 0 Å². The standard InChI is InChI=1S/C18H14ClF3N2O3/c1-10-3-2-4-13(15(10)25)16(26)24-17(27,18(20,21)22)9-14(23-24)11-5-7-12(19)8-6-11/h2-8,25,27H,9H2,1H3. The topological polar surface area (TPSA) is 73.1 Å². The largest absolute Gasteiger partial charge is 0.507 e. The number of aryl methyl sites for hydroxylation is 1. The molecule has 1 atom stereocenters. The van der Waals surface area contributed by atoms with Crippen LogP contribution in [-0.2, 0) is 0 Å². The molecular weight excluding hydrogens is 385 g/mol. The van der Waals surface area contributed by atoms with E-state index in [1.807, 2.05) is 0 Å². The first-order valence-corrected chi connectivity index (χ1v) is 8.18. The maximum atomic E-state index is 13.6. The third-order valence-corrected chi connectivity index (χ3v) is 4.53. The summed E-state index contributed by atoms with van der Waals surface area (Å²) in [5.41, 5.74) is -3.47. The van der Waals surface area contributed by atoms with E-state index in [9.17, 15) is 28.2 Å². The predicted octanol–water partition coefficient (Wildman–Crippen LogP) is 3.86. The molecule has 27 heavy (non-hydrogen) atoms. The average molecular weight is 399 g/mol. The van der Waals surface area contributed by atoms with Gasteiger partial charge in [0.15, 0.2) is 0 Å². The normalized spacial score (nSPS) is 19.9. The number of carbonyl (C=O) groups excluding carboxylic acids is 1. The molecule has 5 nitrogen and oxygen atoms in total. The zero-order chi connectivity index (χ0) is 20.0. The second-order valence-corrected chi connectivity index (χ2v) is 6.57. The summed E-state index contributed by atoms with van der Waals surface area (Å²) in [4.78, 5) is 12.7. The highest BCUT2D eigenvalue weighted by Crippen LogP contribution is 2.42. The Balaban J connectivity index is 2.09. The van der Waals surface area contributed by atoms with Crippen LogP contribution in [-0.4, -0.2) is 38.7 Å². The van der Waals surface area contributed by atoms with Crippen molar-refractivity contribution >= 4 is 23.2 Å². The van der Waals surface area contributed by atoms with Crippen LogP contribution in [0.25, 0.3) is 0 Å². The highest BCUT2D eigenvalue weighted by Gasteiger charge is 2.63. The molecule has 9 heteroatoms. The van der Waals surface area contributed by atoms with Crippen molar-refractivity contribution in [1.29, 1.82) is 0 Å². The van der Waals surface area contributed by atoms with Gasteiger partial charge >= 0.3 is 6.18 Å². The number of halogens is 4. The van der Waals surface area contributed by atoms with Crippen LogP contribution in [0.5, 0.6) is 5.75 Å². The van der Waals surface area contributed by atoms with Gasteiger partial charge in [-0.1, -0.05) is 35.9 Å². The van der Waals surface area contributed by atoms with Crippen LogP contribution in [0.15, 0.2) is 47.6 Å². The number of hydrogen-bond acceptors (Lipinski definition) is 4. The molecule has 1 amide bonds. The Hall–Kier alpha value is -2.58. The molecule has 0 spiro atoms. The van der Waals surface area contributed by atoms with E-state index in [1.165, 1.54) is 43.3 Å². The maximum Gasteiger partial charge on any atom is 0.438 e. The number of aromatic hydroxyl groups is 1. The monoisotopic (exact) mass is 398 g/mol. The van der Waals surface area contributed by atoms with Crippen LogP contribution < -0.4 is 0 Å². The Morgan fingerprint density at radius 1 is 1.22 bits per heavy atom. The molecule has 0 fully saturated rings. The van der Waals surface area contributed by atoms with Gasteiger partial charge in [0.2, 0.25) is 0 Å². The minimum atomic E-state index is -5.17. The SMILES string of the molecule is Cc1cccc(C(=O)N2N=C(c3ccc(Cl)cc3)CC2(O)C(F)(F)F)c1O. The van der Waals surface area contributed by atoms with Gasteiger partial charge in [0.25, 0.3) is 11.6 Å². The quantitative estimate of drug-likeness (QED) is 0.807. The van der Waals surface area contributed by atoms with Crippen molar-refractivity contribution < 1.29 is 28.2 Å². The molecule has 0 aliphatic carbocycles. The molecule has 0 aromatic heterocycles. The third-order valence-electron chi connectivity index (χ3n) is 4.28. The summed E-state index contributed by atoms with van der Waals surface area (Å²) in [6.07, 6.45) is -6.11. The summed E-state index contributed by atoms with van der Waals surface area (Å²) >= 11 is 5.78. The lowest BCUT2D eigenvalue weighted by atomic mass is 10.0. The summed E-state index contributed by atoms with van der Waals surface area (Å²) < 4.78 is 40.8. The fourth-order valence-corrected chi connectivity index (χ4v) is 2.85. The number of aliphatic hydroxyl groups is 1. The van der Waals surface area contributed by atoms with Crippen molar-refractivity contribution in [1.82, 2.24) is 5.01 Å². The number of phenolic OH excluding ortho intramolecular Hbond substituents is 1. The summed E-state index contributed by atoms with van der Waals surface area (Å²) in [6.45, 7) is 1.49. The lowest BCUT2D eigenvalue weighted by Gasteiger charge is -2.32. The molecular formula is C18H14ClF3N2O3. The summed E-state index contributed by atoms with van der Waals surface area (Å²) in [7, 11) is 0. The molecule has 1 unspecified atom stereocenters. The zero-order valence-electron chi connectivity index (χ0n) is 14.0. The molecule has 2 aromatic carbocycles. The first-order chi connectivity index (χ1) is 12.5. The summed E-state index contributed by atoms with van der Waals surface area (Å²) in [5.74, 6) is -1.73. The lowest BCUT2D eigenvalue weighted by molar-refractivity contribution is -0.297. The molecule has 1 aliphatic rings. The highest BCUT2D eigenvalue weighted by molar-refractivity contribution is 6.30. The predicted molar refractivity (Wildman–Crippen MR) is 92.6 cm³/mol. The molecule has 1 aliphatic heterocycles. The summed E-state index contributed by atoms with van der Waals surface area (Å²) in [5, 5.41) is 24.4. The zero-order valence-corrected chi connectivity index (χ0v) is 14.7. The van der Waals surface area contributed by atoms with E-state index in [0.717, 1.165) is 6.07 Å². The van der Waals surface area contributed by atoms with E-state index in [2.05, 4.69) is 5.10 Å². The van der Waals surface area contributed by atoms with Gasteiger partial charge in [-0.3, -0.25) is 4.79 Å². The minimum Gasteiger partial charge on any atom is -0.507 e. The first-order valence-electron chi connectivity index (χ1n) is 7.80. The number of amides is 1. The van der Waals surface area contributed by atoms with E-state index in [-0.39, 0.29) is 16.3 Å². The molecule has 0 bridgehead atoms. The second kappa shape index (κ2) is 6.54. The minimum absolute atomic E-state index is 0.0224. The van der Waals surface area contributed by atoms with Crippen molar-refractivity contribution in [2.24, 2.45) is 5.10 Å². The van der Waals surface area contributed by atoms with Crippen LogP contribution in [0.3, 0.4) is 0 Å². The lowest BCUT2D eigenvalue weighted by Crippen LogP contribution is -2.56. The van der Waals surface area contributed by atoms with Crippen LogP contribution in [0.4, 0.5) is 13.2 Å². The average Bonchev–Trinajstić information content (AvgIpc) is 2.96. The van der Waals surface area contributed by atoms with Gasteiger partial charge in [-0.05, 0) is 36.2 Å². The number of benzene rings is 2. The molecule has 142 valence electrons. The third kappa shape index (κ3) is 3.26. The summed E-state index contributed by atoms with van der Waals surface area (Å²) in [6, 6.07) is 9.87. The van der Waals surface area contributed by atoms with Gasteiger partial charge in [-0.2, -0.15) is 23.3 Å². The molecule has 1 heterocycles. The number of hydrazone groups is 1. The van der Waals surface area contributed by atoms with E-state index in [0.29, 0.717) is 10.6 Å². The maximum absolute atomic E-state index is 13.6. The van der Waals surface area contributed by atoms with Gasteiger partial charge in [0.05, 0.1) is 17.7 Å². The Morgan fingerprint density at radius 3 is 2.44 bits per heavy atom. The molecule has 3 rings (SSSR count). The Morgan fingerprint density at radius 2 is 1.85 bits per heavy atom. The number of rotatable bonds is 2. The molecule has 0 saturated heterocycles. The Labute approximate surface area is 157 Å². The number of phenols is 1. The number of alkyl halides is 3. The van der Waals surface area contributed by atoms with Gasteiger partial charge in [0, 0.05) is 5.02 Å². The smallest absolute Gasteiger partial charge is 0.438 e. The molecule has 2 aromatic rings. The molecule has 0 saturated carbocycles. The van der Waals surface area contributed by atoms with Crippen LogP contribution >= 0.6 is 11.6 Å². The van der Waals surface area contributed by atoms with Crippen molar-refractivity contribution in [3.63, 3.8) is 0 Å². The van der Waals surface area contributed by atoms with E-state index in [4.69, 9.17) is 11.6 Å². The van der Waals surface area contributed by atoms with Crippen molar-refractivity contribution in [3.8, 4) is 5.75 Å². The fraction of sp³-hybridized carbons (Fsp3) is 0.222. The highest BCUT2D eigenvalue weighted by atomic mass is 35.5. The van der Waals surface area contributed by atoms with Crippen LogP contribution in [0.1, 0.15) is 27.9 Å². The van der Waals surface area contributed by atoms with Gasteiger partial charge in [-0.15, -0.1) is 0 Å². The first kappa shape index (κ1) is 19.2. The fourth-order valence-electron chi connectivity index (χ4n) is 2.73. The second-order valence-electron chi connectivity index (χ2n) is 6.13. The number of para-hydroxylation sites is 1. The molecule has 0 radical (unpaired) electrons.